The Morgan fingerprint density at radius 2 is 1.58 bits per heavy atom. The molecule has 2 heterocycles. The first-order valence-corrected chi connectivity index (χ1v) is 16.4. The number of aromatic nitrogens is 1. The number of carbonyl (C=O) groups is 4. The van der Waals surface area contributed by atoms with Crippen LogP contribution in [0.15, 0.2) is 53.6 Å². The van der Waals surface area contributed by atoms with Gasteiger partial charge in [0.05, 0.1) is 23.6 Å². The highest BCUT2D eigenvalue weighted by molar-refractivity contribution is 8.18. The molecule has 3 aromatic rings. The molecular formula is C33H37ClF3N5O7S. The minimum Gasteiger partial charge on any atom is -0.444 e. The lowest BCUT2D eigenvalue weighted by Crippen LogP contribution is -2.58. The van der Waals surface area contributed by atoms with Gasteiger partial charge in [-0.25, -0.2) is 9.59 Å². The number of amides is 4. The first-order valence-electron chi connectivity index (χ1n) is 15.2. The number of nitrogens with zero attached hydrogens (tertiary/aromatic N) is 2. The van der Waals surface area contributed by atoms with E-state index in [0.29, 0.717) is 11.1 Å². The topological polar surface area (TPSA) is 140 Å². The van der Waals surface area contributed by atoms with Gasteiger partial charge < -0.3 is 14.0 Å². The second kappa shape index (κ2) is 15.3. The molecule has 2 aromatic carbocycles. The summed E-state index contributed by atoms with van der Waals surface area (Å²) in [5.74, 6) is -0.556. The van der Waals surface area contributed by atoms with E-state index in [4.69, 9.17) is 25.9 Å². The Balaban J connectivity index is 1.38. The quantitative estimate of drug-likeness (QED) is 0.0849. The predicted molar refractivity (Wildman–Crippen MR) is 182 cm³/mol. The van der Waals surface area contributed by atoms with Crippen molar-refractivity contribution in [3.8, 4) is 0 Å². The van der Waals surface area contributed by atoms with Gasteiger partial charge in [0, 0.05) is 28.7 Å². The standard InChI is InChI=1S/C33H37ClF3N5O7S/c1-31(2,3)48-28(44)38-27(39-29(45)49-32(4,5)6)40-47-14-13-42-26(43)25(50-30(42)46)16-19-7-10-24-20(15-19)11-12-41(24)18-21-8-9-22(34)17-23(21)33(35,36)37/h7-12,15-17,27,40H,13-14,18H2,1-6H3,(H,38,44)(H,39,45)/b25-16-. The summed E-state index contributed by atoms with van der Waals surface area (Å²) in [5, 5.41) is 4.95. The number of carbonyl (C=O) groups excluding carboxylic acids is 4. The van der Waals surface area contributed by atoms with Gasteiger partial charge in [0.25, 0.3) is 11.1 Å². The number of halogens is 4. The molecule has 12 nitrogen and oxygen atoms in total. The highest BCUT2D eigenvalue weighted by Crippen LogP contribution is 2.35. The lowest BCUT2D eigenvalue weighted by molar-refractivity contribution is -0.138. The van der Waals surface area contributed by atoms with Crippen LogP contribution in [-0.4, -0.2) is 63.4 Å². The number of benzene rings is 2. The van der Waals surface area contributed by atoms with E-state index in [1.54, 1.807) is 82.6 Å². The second-order valence-electron chi connectivity index (χ2n) is 13.1. The summed E-state index contributed by atoms with van der Waals surface area (Å²) < 4.78 is 52.9. The van der Waals surface area contributed by atoms with Gasteiger partial charge in [0.15, 0.2) is 6.29 Å². The molecule has 1 aliphatic heterocycles. The van der Waals surface area contributed by atoms with Crippen molar-refractivity contribution in [2.24, 2.45) is 0 Å². The molecule has 4 rings (SSSR count). The summed E-state index contributed by atoms with van der Waals surface area (Å²) in [5.41, 5.74) is 1.33. The summed E-state index contributed by atoms with van der Waals surface area (Å²) in [6, 6.07) is 10.6. The van der Waals surface area contributed by atoms with Crippen LogP contribution in [0.4, 0.5) is 27.6 Å². The number of thioether (sulfide) groups is 1. The molecule has 1 fully saturated rings. The molecule has 0 spiro atoms. The Hall–Kier alpha value is -4.25. The third kappa shape index (κ3) is 10.9. The number of hydroxylamine groups is 1. The Labute approximate surface area is 295 Å². The fourth-order valence-corrected chi connectivity index (χ4v) is 5.69. The van der Waals surface area contributed by atoms with Crippen LogP contribution >= 0.6 is 23.4 Å². The number of alkyl halides is 3. The van der Waals surface area contributed by atoms with Gasteiger partial charge in [-0.15, -0.1) is 0 Å². The van der Waals surface area contributed by atoms with E-state index >= 15 is 0 Å². The molecular weight excluding hydrogens is 703 g/mol. The van der Waals surface area contributed by atoms with Crippen molar-refractivity contribution in [1.82, 2.24) is 25.6 Å². The summed E-state index contributed by atoms with van der Waals surface area (Å²) in [6.07, 6.45) is -4.37. The zero-order chi connectivity index (χ0) is 37.0. The number of hydrogen-bond donors (Lipinski definition) is 3. The number of nitrogens with one attached hydrogen (secondary N) is 3. The molecule has 0 saturated carbocycles. The number of fused-ring (bicyclic) bond motifs is 1. The molecule has 0 atom stereocenters. The van der Waals surface area contributed by atoms with E-state index in [0.717, 1.165) is 28.1 Å². The monoisotopic (exact) mass is 739 g/mol. The van der Waals surface area contributed by atoms with Crippen molar-refractivity contribution in [3.05, 3.63) is 75.3 Å². The molecule has 3 N–H and O–H groups in total. The summed E-state index contributed by atoms with van der Waals surface area (Å²) in [7, 11) is 0. The lowest BCUT2D eigenvalue weighted by atomic mass is 10.1. The van der Waals surface area contributed by atoms with Crippen molar-refractivity contribution in [1.29, 1.82) is 0 Å². The fourth-order valence-electron chi connectivity index (χ4n) is 4.65. The minimum atomic E-state index is -4.57. The van der Waals surface area contributed by atoms with Gasteiger partial charge >= 0.3 is 18.4 Å². The van der Waals surface area contributed by atoms with Crippen molar-refractivity contribution >= 4 is 63.7 Å². The third-order valence-electron chi connectivity index (χ3n) is 6.62. The highest BCUT2D eigenvalue weighted by atomic mass is 35.5. The van der Waals surface area contributed by atoms with Gasteiger partial charge in [0.1, 0.15) is 11.2 Å². The summed E-state index contributed by atoms with van der Waals surface area (Å²) in [4.78, 5) is 56.9. The van der Waals surface area contributed by atoms with Gasteiger partial charge in [-0.1, -0.05) is 23.7 Å². The van der Waals surface area contributed by atoms with Crippen molar-refractivity contribution in [2.75, 3.05) is 13.2 Å². The maximum absolute atomic E-state index is 13.6. The molecule has 1 aliphatic rings. The SMILES string of the molecule is CC(C)(C)OC(=O)NC(NOCCN1C(=O)S/C(=C\c2ccc3c(ccn3Cc3ccc(Cl)cc3C(F)(F)F)c2)C1=O)NC(=O)OC(C)(C)C. The third-order valence-corrected chi connectivity index (χ3v) is 7.77. The fraction of sp³-hybridized carbons (Fsp3) is 0.394. The Morgan fingerprint density at radius 1 is 0.940 bits per heavy atom. The Bertz CT molecular complexity index is 1770. The predicted octanol–water partition coefficient (Wildman–Crippen LogP) is 7.25. The van der Waals surface area contributed by atoms with E-state index in [-0.39, 0.29) is 35.2 Å². The van der Waals surface area contributed by atoms with E-state index < -0.39 is 52.6 Å². The number of rotatable bonds is 10. The number of imide groups is 1. The largest absolute Gasteiger partial charge is 0.444 e. The number of ether oxygens (including phenoxy) is 2. The van der Waals surface area contributed by atoms with Gasteiger partial charge in [-0.2, -0.15) is 18.7 Å². The molecule has 0 radical (unpaired) electrons. The minimum absolute atomic E-state index is 0.00878. The molecule has 4 amide bonds. The van der Waals surface area contributed by atoms with Crippen LogP contribution in [0.1, 0.15) is 58.2 Å². The van der Waals surface area contributed by atoms with Crippen LogP contribution in [0.3, 0.4) is 0 Å². The number of alkyl carbamates (subject to hydrolysis) is 2. The van der Waals surface area contributed by atoms with Gasteiger partial charge in [-0.3, -0.25) is 30.0 Å². The zero-order valence-corrected chi connectivity index (χ0v) is 29.6. The van der Waals surface area contributed by atoms with Gasteiger partial charge in [-0.05, 0) is 101 Å². The molecule has 270 valence electrons. The van der Waals surface area contributed by atoms with Crippen LogP contribution in [0.25, 0.3) is 17.0 Å². The van der Waals surface area contributed by atoms with Crippen LogP contribution in [-0.2, 0) is 31.8 Å². The van der Waals surface area contributed by atoms with E-state index in [1.807, 2.05) is 0 Å². The highest BCUT2D eigenvalue weighted by Gasteiger charge is 2.35. The van der Waals surface area contributed by atoms with Crippen molar-refractivity contribution < 1.29 is 46.7 Å². The molecule has 0 unspecified atom stereocenters. The molecule has 1 aromatic heterocycles. The Morgan fingerprint density at radius 3 is 2.18 bits per heavy atom. The van der Waals surface area contributed by atoms with Crippen LogP contribution in [0.2, 0.25) is 5.02 Å². The van der Waals surface area contributed by atoms with E-state index in [9.17, 15) is 32.3 Å². The average Bonchev–Trinajstić information content (AvgIpc) is 3.48. The number of hydrogen-bond acceptors (Lipinski definition) is 9. The molecule has 0 aliphatic carbocycles. The summed E-state index contributed by atoms with van der Waals surface area (Å²) >= 11 is 6.56. The van der Waals surface area contributed by atoms with Crippen molar-refractivity contribution in [2.45, 2.75) is 71.8 Å². The summed E-state index contributed by atoms with van der Waals surface area (Å²) in [6.45, 7) is 9.56. The first kappa shape index (κ1) is 38.6. The lowest BCUT2D eigenvalue weighted by Gasteiger charge is -2.26. The van der Waals surface area contributed by atoms with Crippen LogP contribution in [0.5, 0.6) is 0 Å². The Kier molecular flexibility index (Phi) is 11.8. The van der Waals surface area contributed by atoms with Crippen molar-refractivity contribution in [3.63, 3.8) is 0 Å². The first-order chi connectivity index (χ1) is 23.2. The smallest absolute Gasteiger partial charge is 0.416 e. The molecule has 0 bridgehead atoms. The normalized spacial score (nSPS) is 14.9. The van der Waals surface area contributed by atoms with Gasteiger partial charge in [0.2, 0.25) is 0 Å². The van der Waals surface area contributed by atoms with Crippen LogP contribution in [0, 0.1) is 0 Å². The van der Waals surface area contributed by atoms with E-state index in [2.05, 4.69) is 16.1 Å². The average molecular weight is 740 g/mol. The zero-order valence-electron chi connectivity index (χ0n) is 28.1. The molecule has 1 saturated heterocycles. The molecule has 50 heavy (non-hydrogen) atoms. The van der Waals surface area contributed by atoms with E-state index in [1.165, 1.54) is 12.1 Å². The maximum atomic E-state index is 13.6. The van der Waals surface area contributed by atoms with Crippen LogP contribution < -0.4 is 16.1 Å². The second-order valence-corrected chi connectivity index (χ2v) is 14.5. The maximum Gasteiger partial charge on any atom is 0.416 e. The molecule has 17 heteroatoms.